The molecule has 0 amide bonds. The maximum atomic E-state index is 4.46. The largest absolute Gasteiger partial charge is 0.370 e. The van der Waals surface area contributed by atoms with Crippen molar-refractivity contribution in [1.29, 1.82) is 0 Å². The molecule has 0 aliphatic heterocycles. The van der Waals surface area contributed by atoms with Gasteiger partial charge in [0.15, 0.2) is 0 Å². The van der Waals surface area contributed by atoms with Crippen molar-refractivity contribution >= 4 is 5.82 Å². The summed E-state index contributed by atoms with van der Waals surface area (Å²) in [7, 11) is 0. The van der Waals surface area contributed by atoms with Crippen molar-refractivity contribution in [2.75, 3.05) is 11.9 Å². The third-order valence-electron chi connectivity index (χ3n) is 2.69. The van der Waals surface area contributed by atoms with Crippen LogP contribution in [0.3, 0.4) is 0 Å². The van der Waals surface area contributed by atoms with Gasteiger partial charge in [-0.05, 0) is 24.7 Å². The molecule has 1 heterocycles. The Bertz CT molecular complexity index is 345. The minimum atomic E-state index is 0.462. The highest BCUT2D eigenvalue weighted by molar-refractivity contribution is 5.47. The Labute approximate surface area is 105 Å². The molecular formula is C14H25N3. The summed E-state index contributed by atoms with van der Waals surface area (Å²) in [4.78, 5) is 8.84. The van der Waals surface area contributed by atoms with Crippen molar-refractivity contribution in [1.82, 2.24) is 9.97 Å². The van der Waals surface area contributed by atoms with Crippen LogP contribution in [0.25, 0.3) is 0 Å². The summed E-state index contributed by atoms with van der Waals surface area (Å²) >= 11 is 0. The molecule has 0 spiro atoms. The Kier molecular flexibility index (Phi) is 5.39. The lowest BCUT2D eigenvalue weighted by atomic mass is 9.96. The van der Waals surface area contributed by atoms with Crippen LogP contribution in [-0.4, -0.2) is 16.5 Å². The molecule has 1 rings (SSSR count). The van der Waals surface area contributed by atoms with Crippen LogP contribution in [0.1, 0.15) is 58.2 Å². The fourth-order valence-electron chi connectivity index (χ4n) is 1.97. The minimum Gasteiger partial charge on any atom is -0.370 e. The number of hydrogen-bond donors (Lipinski definition) is 1. The Balaban J connectivity index is 3.03. The normalized spacial score (nSPS) is 11.2. The quantitative estimate of drug-likeness (QED) is 0.818. The summed E-state index contributed by atoms with van der Waals surface area (Å²) in [6.07, 6.45) is 3.82. The van der Waals surface area contributed by atoms with E-state index in [9.17, 15) is 0 Å². The summed E-state index contributed by atoms with van der Waals surface area (Å²) < 4.78 is 0. The molecule has 0 unspecified atom stereocenters. The second-order valence-corrected chi connectivity index (χ2v) is 5.26. The van der Waals surface area contributed by atoms with Crippen LogP contribution in [0.15, 0.2) is 6.33 Å². The van der Waals surface area contributed by atoms with E-state index in [1.807, 2.05) is 0 Å². The minimum absolute atomic E-state index is 0.462. The average molecular weight is 235 g/mol. The van der Waals surface area contributed by atoms with Gasteiger partial charge in [-0.25, -0.2) is 9.97 Å². The summed E-state index contributed by atoms with van der Waals surface area (Å²) in [6.45, 7) is 12.0. The molecule has 0 radical (unpaired) electrons. The summed E-state index contributed by atoms with van der Waals surface area (Å²) in [5, 5.41) is 3.41. The van der Waals surface area contributed by atoms with Gasteiger partial charge >= 0.3 is 0 Å². The van der Waals surface area contributed by atoms with Gasteiger partial charge in [-0.2, -0.15) is 0 Å². The van der Waals surface area contributed by atoms with E-state index in [1.54, 1.807) is 6.33 Å². The van der Waals surface area contributed by atoms with Gasteiger partial charge in [-0.3, -0.25) is 0 Å². The number of nitrogens with zero attached hydrogens (tertiary/aromatic N) is 2. The van der Waals surface area contributed by atoms with Gasteiger partial charge in [0.1, 0.15) is 12.1 Å². The highest BCUT2D eigenvalue weighted by atomic mass is 15.0. The Hall–Kier alpha value is -1.12. The molecule has 0 aliphatic rings. The number of nitrogens with one attached hydrogen (secondary N) is 1. The zero-order chi connectivity index (χ0) is 12.8. The van der Waals surface area contributed by atoms with Gasteiger partial charge in [0, 0.05) is 17.8 Å². The number of aromatic nitrogens is 2. The molecule has 0 aliphatic carbocycles. The zero-order valence-electron chi connectivity index (χ0n) is 11.7. The van der Waals surface area contributed by atoms with E-state index >= 15 is 0 Å². The predicted molar refractivity (Wildman–Crippen MR) is 73.4 cm³/mol. The molecule has 3 nitrogen and oxygen atoms in total. The van der Waals surface area contributed by atoms with Crippen molar-refractivity contribution in [2.45, 2.75) is 53.4 Å². The van der Waals surface area contributed by atoms with Crippen molar-refractivity contribution < 1.29 is 0 Å². The predicted octanol–water partition coefficient (Wildman–Crippen LogP) is 3.62. The Morgan fingerprint density at radius 1 is 1.18 bits per heavy atom. The van der Waals surface area contributed by atoms with E-state index in [2.05, 4.69) is 49.9 Å². The van der Waals surface area contributed by atoms with E-state index in [0.717, 1.165) is 25.2 Å². The van der Waals surface area contributed by atoms with Crippen molar-refractivity contribution in [3.8, 4) is 0 Å². The van der Waals surface area contributed by atoms with Gasteiger partial charge in [0.25, 0.3) is 0 Å². The average Bonchev–Trinajstić information content (AvgIpc) is 2.25. The van der Waals surface area contributed by atoms with Crippen molar-refractivity contribution in [3.05, 3.63) is 17.6 Å². The van der Waals surface area contributed by atoms with Crippen LogP contribution in [0.5, 0.6) is 0 Å². The highest BCUT2D eigenvalue weighted by Crippen LogP contribution is 2.26. The van der Waals surface area contributed by atoms with Crippen molar-refractivity contribution in [2.24, 2.45) is 5.92 Å². The molecule has 0 fully saturated rings. The van der Waals surface area contributed by atoms with Gasteiger partial charge in [-0.15, -0.1) is 0 Å². The SMILES string of the molecule is CCCNc1ncnc(CC(C)C)c1C(C)C. The van der Waals surface area contributed by atoms with E-state index < -0.39 is 0 Å². The lowest BCUT2D eigenvalue weighted by molar-refractivity contribution is 0.623. The monoisotopic (exact) mass is 235 g/mol. The first-order valence-corrected chi connectivity index (χ1v) is 6.63. The van der Waals surface area contributed by atoms with Gasteiger partial charge < -0.3 is 5.32 Å². The molecule has 0 saturated carbocycles. The smallest absolute Gasteiger partial charge is 0.133 e. The van der Waals surface area contributed by atoms with E-state index in [-0.39, 0.29) is 0 Å². The molecule has 17 heavy (non-hydrogen) atoms. The van der Waals surface area contributed by atoms with E-state index in [1.165, 1.54) is 11.3 Å². The first kappa shape index (κ1) is 13.9. The van der Waals surface area contributed by atoms with Crippen LogP contribution in [-0.2, 0) is 6.42 Å². The molecule has 3 heteroatoms. The molecule has 0 atom stereocenters. The van der Waals surface area contributed by atoms with Crippen molar-refractivity contribution in [3.63, 3.8) is 0 Å². The third kappa shape index (κ3) is 3.99. The summed E-state index contributed by atoms with van der Waals surface area (Å²) in [5.74, 6) is 2.11. The molecule has 0 saturated heterocycles. The third-order valence-corrected chi connectivity index (χ3v) is 2.69. The van der Waals surface area contributed by atoms with Crippen LogP contribution in [0, 0.1) is 5.92 Å². The van der Waals surface area contributed by atoms with Crippen LogP contribution < -0.4 is 5.32 Å². The lowest BCUT2D eigenvalue weighted by Gasteiger charge is -2.17. The second kappa shape index (κ2) is 6.58. The fourth-order valence-corrected chi connectivity index (χ4v) is 1.97. The maximum Gasteiger partial charge on any atom is 0.133 e. The van der Waals surface area contributed by atoms with Crippen LogP contribution in [0.4, 0.5) is 5.82 Å². The molecular weight excluding hydrogens is 210 g/mol. The standard InChI is InChI=1S/C14H25N3/c1-6-7-15-14-13(11(4)5)12(8-10(2)3)16-9-17-14/h9-11H,6-8H2,1-5H3,(H,15,16,17). The second-order valence-electron chi connectivity index (χ2n) is 5.26. The first-order chi connectivity index (χ1) is 8.06. The summed E-state index contributed by atoms with van der Waals surface area (Å²) in [6, 6.07) is 0. The summed E-state index contributed by atoms with van der Waals surface area (Å²) in [5.41, 5.74) is 2.48. The van der Waals surface area contributed by atoms with Gasteiger partial charge in [-0.1, -0.05) is 34.6 Å². The number of anilines is 1. The Morgan fingerprint density at radius 2 is 1.88 bits per heavy atom. The molecule has 0 aromatic carbocycles. The van der Waals surface area contributed by atoms with E-state index in [0.29, 0.717) is 11.8 Å². The molecule has 1 aromatic rings. The van der Waals surface area contributed by atoms with Gasteiger partial charge in [0.05, 0.1) is 0 Å². The van der Waals surface area contributed by atoms with Gasteiger partial charge in [0.2, 0.25) is 0 Å². The first-order valence-electron chi connectivity index (χ1n) is 6.63. The van der Waals surface area contributed by atoms with E-state index in [4.69, 9.17) is 0 Å². The number of hydrogen-bond acceptors (Lipinski definition) is 3. The molecule has 0 bridgehead atoms. The Morgan fingerprint density at radius 3 is 2.41 bits per heavy atom. The van der Waals surface area contributed by atoms with Crippen LogP contribution in [0.2, 0.25) is 0 Å². The fraction of sp³-hybridized carbons (Fsp3) is 0.714. The zero-order valence-corrected chi connectivity index (χ0v) is 11.7. The lowest BCUT2D eigenvalue weighted by Crippen LogP contribution is -2.11. The number of rotatable bonds is 6. The topological polar surface area (TPSA) is 37.8 Å². The molecule has 1 N–H and O–H groups in total. The molecule has 96 valence electrons. The van der Waals surface area contributed by atoms with Crippen LogP contribution >= 0.6 is 0 Å². The molecule has 1 aromatic heterocycles. The maximum absolute atomic E-state index is 4.46. The highest BCUT2D eigenvalue weighted by Gasteiger charge is 2.15.